The molecule has 2 aromatic rings. The Labute approximate surface area is 155 Å². The molecule has 2 rings (SSSR count). The first-order valence-corrected chi connectivity index (χ1v) is 8.93. The third kappa shape index (κ3) is 5.73. The topological polar surface area (TPSA) is 55.4 Å². The summed E-state index contributed by atoms with van der Waals surface area (Å²) in [6.07, 6.45) is 0.244. The maximum Gasteiger partial charge on any atom is 0.329 e. The summed E-state index contributed by atoms with van der Waals surface area (Å²) in [5.74, 6) is -0.637. The van der Waals surface area contributed by atoms with Gasteiger partial charge in [0.1, 0.15) is 12.6 Å². The van der Waals surface area contributed by atoms with Gasteiger partial charge in [-0.05, 0) is 36.5 Å². The van der Waals surface area contributed by atoms with Crippen molar-refractivity contribution < 1.29 is 14.3 Å². The number of hydrogen-bond acceptors (Lipinski definition) is 3. The molecule has 0 saturated carbocycles. The summed E-state index contributed by atoms with van der Waals surface area (Å²) in [4.78, 5) is 24.8. The van der Waals surface area contributed by atoms with E-state index in [9.17, 15) is 9.59 Å². The van der Waals surface area contributed by atoms with Crippen LogP contribution in [0.1, 0.15) is 36.1 Å². The summed E-state index contributed by atoms with van der Waals surface area (Å²) in [5.41, 5.74) is 4.10. The third-order valence-corrected chi connectivity index (χ3v) is 4.32. The fraction of sp³-hybridized carbons (Fsp3) is 0.364. The van der Waals surface area contributed by atoms with E-state index in [1.54, 1.807) is 0 Å². The summed E-state index contributed by atoms with van der Waals surface area (Å²) in [6.45, 7) is 8.00. The minimum atomic E-state index is -0.656. The van der Waals surface area contributed by atoms with E-state index in [1.807, 2.05) is 76.2 Å². The second-order valence-corrected chi connectivity index (χ2v) is 6.99. The zero-order valence-corrected chi connectivity index (χ0v) is 15.9. The van der Waals surface area contributed by atoms with Crippen molar-refractivity contribution in [2.45, 2.75) is 46.8 Å². The van der Waals surface area contributed by atoms with Crippen molar-refractivity contribution in [2.75, 3.05) is 0 Å². The van der Waals surface area contributed by atoms with E-state index >= 15 is 0 Å². The van der Waals surface area contributed by atoms with E-state index in [-0.39, 0.29) is 24.9 Å². The maximum absolute atomic E-state index is 12.5. The molecule has 0 aliphatic rings. The predicted octanol–water partition coefficient (Wildman–Crippen LogP) is 3.73. The number of amides is 1. The van der Waals surface area contributed by atoms with Crippen molar-refractivity contribution in [3.63, 3.8) is 0 Å². The molecular formula is C22H27NO3. The van der Waals surface area contributed by atoms with Gasteiger partial charge in [0.05, 0.1) is 6.42 Å². The molecule has 0 heterocycles. The van der Waals surface area contributed by atoms with Crippen LogP contribution in [0.25, 0.3) is 0 Å². The lowest BCUT2D eigenvalue weighted by atomic mass is 10.0. The van der Waals surface area contributed by atoms with Gasteiger partial charge in [0.15, 0.2) is 0 Å². The Balaban J connectivity index is 1.96. The first-order valence-electron chi connectivity index (χ1n) is 8.93. The molecule has 0 unspecified atom stereocenters. The molecule has 0 bridgehead atoms. The lowest BCUT2D eigenvalue weighted by molar-refractivity contribution is -0.150. The third-order valence-electron chi connectivity index (χ3n) is 4.32. The first kappa shape index (κ1) is 19.7. The van der Waals surface area contributed by atoms with Crippen molar-refractivity contribution in [1.29, 1.82) is 0 Å². The minimum Gasteiger partial charge on any atom is -0.459 e. The fourth-order valence-corrected chi connectivity index (χ4v) is 2.70. The number of carbonyl (C=O) groups is 2. The van der Waals surface area contributed by atoms with E-state index in [4.69, 9.17) is 4.74 Å². The molecule has 0 aliphatic heterocycles. The Morgan fingerprint density at radius 2 is 1.73 bits per heavy atom. The van der Waals surface area contributed by atoms with Gasteiger partial charge in [-0.3, -0.25) is 4.79 Å². The molecule has 26 heavy (non-hydrogen) atoms. The zero-order chi connectivity index (χ0) is 19.1. The molecule has 0 aliphatic carbocycles. The molecule has 4 heteroatoms. The highest BCUT2D eigenvalue weighted by molar-refractivity contribution is 5.85. The number of benzene rings is 2. The summed E-state index contributed by atoms with van der Waals surface area (Å²) in [7, 11) is 0. The smallest absolute Gasteiger partial charge is 0.329 e. The van der Waals surface area contributed by atoms with Crippen LogP contribution in [0.2, 0.25) is 0 Å². The molecule has 1 N–H and O–H groups in total. The van der Waals surface area contributed by atoms with Gasteiger partial charge < -0.3 is 10.1 Å². The van der Waals surface area contributed by atoms with Crippen LogP contribution in [0.5, 0.6) is 0 Å². The maximum atomic E-state index is 12.5. The average Bonchev–Trinajstić information content (AvgIpc) is 2.60. The summed E-state index contributed by atoms with van der Waals surface area (Å²) in [6, 6.07) is 14.9. The largest absolute Gasteiger partial charge is 0.459 e. The van der Waals surface area contributed by atoms with Crippen LogP contribution < -0.4 is 5.32 Å². The lowest BCUT2D eigenvalue weighted by Crippen LogP contribution is -2.45. The van der Waals surface area contributed by atoms with Gasteiger partial charge in [-0.25, -0.2) is 4.79 Å². The normalized spacial score (nSPS) is 11.9. The number of ether oxygens (including phenoxy) is 1. The van der Waals surface area contributed by atoms with Crippen molar-refractivity contribution in [3.05, 3.63) is 70.8 Å². The monoisotopic (exact) mass is 353 g/mol. The number of nitrogens with one attached hydrogen (secondary N) is 1. The van der Waals surface area contributed by atoms with Crippen LogP contribution in [0.4, 0.5) is 0 Å². The zero-order valence-electron chi connectivity index (χ0n) is 15.9. The molecule has 0 aromatic heterocycles. The SMILES string of the molecule is Cc1ccc(C)c(COC(=O)[C@@H](NC(=O)Cc2ccccc2)C(C)C)c1. The van der Waals surface area contributed by atoms with Crippen molar-refractivity contribution in [3.8, 4) is 0 Å². The quantitative estimate of drug-likeness (QED) is 0.772. The molecule has 2 aromatic carbocycles. The Morgan fingerprint density at radius 1 is 1.04 bits per heavy atom. The van der Waals surface area contributed by atoms with Gasteiger partial charge in [-0.2, -0.15) is 0 Å². The van der Waals surface area contributed by atoms with Crippen LogP contribution in [-0.2, 0) is 27.4 Å². The van der Waals surface area contributed by atoms with Gasteiger partial charge in [0, 0.05) is 0 Å². The van der Waals surface area contributed by atoms with Gasteiger partial charge in [-0.15, -0.1) is 0 Å². The molecule has 4 nitrogen and oxygen atoms in total. The highest BCUT2D eigenvalue weighted by Crippen LogP contribution is 2.13. The van der Waals surface area contributed by atoms with E-state index < -0.39 is 12.0 Å². The van der Waals surface area contributed by atoms with Crippen molar-refractivity contribution in [2.24, 2.45) is 5.92 Å². The van der Waals surface area contributed by atoms with Gasteiger partial charge in [0.25, 0.3) is 0 Å². The lowest BCUT2D eigenvalue weighted by Gasteiger charge is -2.21. The van der Waals surface area contributed by atoms with Crippen LogP contribution in [-0.4, -0.2) is 17.9 Å². The van der Waals surface area contributed by atoms with Crippen LogP contribution in [0.15, 0.2) is 48.5 Å². The first-order chi connectivity index (χ1) is 12.4. The van der Waals surface area contributed by atoms with Crippen LogP contribution >= 0.6 is 0 Å². The summed E-state index contributed by atoms with van der Waals surface area (Å²) in [5, 5.41) is 2.81. The highest BCUT2D eigenvalue weighted by Gasteiger charge is 2.25. The van der Waals surface area contributed by atoms with Gasteiger partial charge in [-0.1, -0.05) is 67.9 Å². The summed E-state index contributed by atoms with van der Waals surface area (Å²) < 4.78 is 5.48. The Kier molecular flexibility index (Phi) is 6.96. The molecule has 0 spiro atoms. The number of rotatable bonds is 7. The van der Waals surface area contributed by atoms with E-state index in [1.165, 1.54) is 0 Å². The number of hydrogen-bond donors (Lipinski definition) is 1. The van der Waals surface area contributed by atoms with E-state index in [0.717, 1.165) is 22.3 Å². The molecule has 1 atom stereocenters. The average molecular weight is 353 g/mol. The number of carbonyl (C=O) groups excluding carboxylic acids is 2. The summed E-state index contributed by atoms with van der Waals surface area (Å²) >= 11 is 0. The Morgan fingerprint density at radius 3 is 2.38 bits per heavy atom. The molecular weight excluding hydrogens is 326 g/mol. The second-order valence-electron chi connectivity index (χ2n) is 6.99. The number of aryl methyl sites for hydroxylation is 2. The fourth-order valence-electron chi connectivity index (χ4n) is 2.70. The van der Waals surface area contributed by atoms with Crippen molar-refractivity contribution in [1.82, 2.24) is 5.32 Å². The van der Waals surface area contributed by atoms with Gasteiger partial charge >= 0.3 is 5.97 Å². The van der Waals surface area contributed by atoms with Crippen LogP contribution in [0, 0.1) is 19.8 Å². The Hall–Kier alpha value is -2.62. The molecule has 138 valence electrons. The second kappa shape index (κ2) is 9.18. The predicted molar refractivity (Wildman–Crippen MR) is 103 cm³/mol. The highest BCUT2D eigenvalue weighted by atomic mass is 16.5. The molecule has 0 fully saturated rings. The van der Waals surface area contributed by atoms with Crippen molar-refractivity contribution >= 4 is 11.9 Å². The van der Waals surface area contributed by atoms with Gasteiger partial charge in [0.2, 0.25) is 5.91 Å². The molecule has 0 saturated heterocycles. The molecule has 1 amide bonds. The standard InChI is InChI=1S/C22H27NO3/c1-15(2)21(23-20(24)13-18-8-6-5-7-9-18)22(25)26-14-19-12-16(3)10-11-17(19)4/h5-12,15,21H,13-14H2,1-4H3,(H,23,24)/t21-/m0/s1. The van der Waals surface area contributed by atoms with E-state index in [0.29, 0.717) is 0 Å². The number of esters is 1. The minimum absolute atomic E-state index is 0.0548. The Bertz CT molecular complexity index is 753. The molecule has 0 radical (unpaired) electrons. The van der Waals surface area contributed by atoms with E-state index in [2.05, 4.69) is 5.32 Å². The van der Waals surface area contributed by atoms with Crippen LogP contribution in [0.3, 0.4) is 0 Å².